The number of aryl methyl sites for hydroxylation is 1. The fourth-order valence-electron chi connectivity index (χ4n) is 3.40. The first-order valence-corrected chi connectivity index (χ1v) is 10.5. The van der Waals surface area contributed by atoms with Gasteiger partial charge in [0.25, 0.3) is 0 Å². The van der Waals surface area contributed by atoms with Gasteiger partial charge in [-0.3, -0.25) is 4.79 Å². The molecule has 0 spiro atoms. The Morgan fingerprint density at radius 3 is 2.82 bits per heavy atom. The van der Waals surface area contributed by atoms with E-state index in [2.05, 4.69) is 22.1 Å². The molecule has 22 heavy (non-hydrogen) atoms. The van der Waals surface area contributed by atoms with E-state index < -0.39 is 0 Å². The van der Waals surface area contributed by atoms with Gasteiger partial charge in [0, 0.05) is 24.0 Å². The molecule has 5 heteroatoms. The van der Waals surface area contributed by atoms with Crippen molar-refractivity contribution in [1.82, 2.24) is 10.6 Å². The zero-order valence-corrected chi connectivity index (χ0v) is 14.7. The van der Waals surface area contributed by atoms with E-state index in [1.54, 1.807) is 23.1 Å². The first kappa shape index (κ1) is 16.3. The van der Waals surface area contributed by atoms with Crippen LogP contribution in [0.5, 0.6) is 0 Å². The minimum atomic E-state index is 0.00730. The molecule has 3 nitrogen and oxygen atoms in total. The van der Waals surface area contributed by atoms with Crippen LogP contribution in [0.2, 0.25) is 0 Å². The Kier molecular flexibility index (Phi) is 6.21. The fourth-order valence-corrected chi connectivity index (χ4v) is 5.72. The second-order valence-corrected chi connectivity index (χ2v) is 8.45. The number of carbonyl (C=O) groups excluding carboxylic acids is 1. The van der Waals surface area contributed by atoms with Crippen LogP contribution < -0.4 is 10.6 Å². The van der Waals surface area contributed by atoms with Crippen LogP contribution >= 0.6 is 23.1 Å². The van der Waals surface area contributed by atoms with Crippen LogP contribution in [0.3, 0.4) is 0 Å². The number of thiophene rings is 1. The highest BCUT2D eigenvalue weighted by molar-refractivity contribution is 8.00. The van der Waals surface area contributed by atoms with Crippen molar-refractivity contribution in [2.24, 2.45) is 0 Å². The molecule has 2 heterocycles. The number of hydrogen-bond donors (Lipinski definition) is 2. The maximum absolute atomic E-state index is 12.4. The Hall–Kier alpha value is -0.520. The largest absolute Gasteiger partial charge is 0.354 e. The number of thioether (sulfide) groups is 1. The van der Waals surface area contributed by atoms with Crippen molar-refractivity contribution in [2.45, 2.75) is 56.2 Å². The summed E-state index contributed by atoms with van der Waals surface area (Å²) in [7, 11) is 0. The van der Waals surface area contributed by atoms with Crippen LogP contribution in [0.15, 0.2) is 11.4 Å². The molecule has 3 rings (SSSR count). The molecule has 1 amide bonds. The summed E-state index contributed by atoms with van der Waals surface area (Å²) in [6, 6.07) is 2.78. The molecule has 0 aromatic carbocycles. The van der Waals surface area contributed by atoms with Gasteiger partial charge in [0.1, 0.15) is 5.25 Å². The number of hydrogen-bond acceptors (Lipinski definition) is 4. The standard InChI is InChI=1S/C17H26N2OS2/c20-17(16-14-7-11-21-15(14)8-12-22-16)19-10-9-18-13-5-3-1-2-4-6-13/h7,11,13,16,18H,1-6,8-10,12H2,(H,19,20). The topological polar surface area (TPSA) is 41.1 Å². The van der Waals surface area contributed by atoms with Crippen molar-refractivity contribution in [3.63, 3.8) is 0 Å². The molecule has 1 fully saturated rings. The monoisotopic (exact) mass is 338 g/mol. The van der Waals surface area contributed by atoms with Gasteiger partial charge in [-0.05, 0) is 42.0 Å². The molecule has 0 radical (unpaired) electrons. The van der Waals surface area contributed by atoms with E-state index in [9.17, 15) is 4.79 Å². The molecule has 2 aliphatic rings. The molecule has 1 aromatic rings. The van der Waals surface area contributed by atoms with E-state index in [-0.39, 0.29) is 11.2 Å². The smallest absolute Gasteiger partial charge is 0.237 e. The average Bonchev–Trinajstić information content (AvgIpc) is 2.87. The van der Waals surface area contributed by atoms with E-state index in [1.807, 2.05) is 0 Å². The van der Waals surface area contributed by atoms with E-state index >= 15 is 0 Å². The Bertz CT molecular complexity index is 481. The highest BCUT2D eigenvalue weighted by Gasteiger charge is 2.27. The van der Waals surface area contributed by atoms with Crippen LogP contribution in [-0.4, -0.2) is 30.8 Å². The second kappa shape index (κ2) is 8.37. The third kappa shape index (κ3) is 4.27. The van der Waals surface area contributed by atoms with Crippen molar-refractivity contribution in [3.8, 4) is 0 Å². The first-order valence-electron chi connectivity index (χ1n) is 8.53. The van der Waals surface area contributed by atoms with Crippen molar-refractivity contribution in [1.29, 1.82) is 0 Å². The minimum Gasteiger partial charge on any atom is -0.354 e. The molecule has 1 aliphatic heterocycles. The molecular weight excluding hydrogens is 312 g/mol. The van der Waals surface area contributed by atoms with Crippen LogP contribution in [0.25, 0.3) is 0 Å². The van der Waals surface area contributed by atoms with Gasteiger partial charge in [-0.25, -0.2) is 0 Å². The summed E-state index contributed by atoms with van der Waals surface area (Å²) in [5, 5.41) is 8.86. The van der Waals surface area contributed by atoms with Gasteiger partial charge in [-0.2, -0.15) is 0 Å². The maximum Gasteiger partial charge on any atom is 0.237 e. The molecule has 122 valence electrons. The van der Waals surface area contributed by atoms with Gasteiger partial charge in [0.2, 0.25) is 5.91 Å². The minimum absolute atomic E-state index is 0.00730. The summed E-state index contributed by atoms with van der Waals surface area (Å²) in [5.74, 6) is 1.25. The zero-order valence-electron chi connectivity index (χ0n) is 13.1. The molecule has 1 atom stereocenters. The molecule has 2 N–H and O–H groups in total. The summed E-state index contributed by atoms with van der Waals surface area (Å²) in [6.45, 7) is 1.64. The van der Waals surface area contributed by atoms with Crippen LogP contribution in [0, 0.1) is 0 Å². The molecule has 1 saturated carbocycles. The summed E-state index contributed by atoms with van der Waals surface area (Å²) in [6.07, 6.45) is 9.18. The van der Waals surface area contributed by atoms with E-state index in [0.29, 0.717) is 6.04 Å². The third-order valence-electron chi connectivity index (χ3n) is 4.63. The summed E-state index contributed by atoms with van der Waals surface area (Å²) in [4.78, 5) is 13.8. The number of fused-ring (bicyclic) bond motifs is 1. The van der Waals surface area contributed by atoms with Gasteiger partial charge in [0.15, 0.2) is 0 Å². The van der Waals surface area contributed by atoms with Gasteiger partial charge in [-0.15, -0.1) is 23.1 Å². The molecule has 0 bridgehead atoms. The van der Waals surface area contributed by atoms with Crippen LogP contribution in [0.1, 0.15) is 54.2 Å². The van der Waals surface area contributed by atoms with Gasteiger partial charge in [0.05, 0.1) is 0 Å². The predicted octanol–water partition coefficient (Wildman–Crippen LogP) is 3.51. The van der Waals surface area contributed by atoms with E-state index in [1.165, 1.54) is 49.0 Å². The lowest BCUT2D eigenvalue weighted by molar-refractivity contribution is -0.120. The molecule has 1 unspecified atom stereocenters. The molecule has 1 aromatic heterocycles. The highest BCUT2D eigenvalue weighted by Crippen LogP contribution is 2.39. The van der Waals surface area contributed by atoms with E-state index in [0.717, 1.165) is 25.3 Å². The Morgan fingerprint density at radius 2 is 2.00 bits per heavy atom. The van der Waals surface area contributed by atoms with Crippen molar-refractivity contribution in [2.75, 3.05) is 18.8 Å². The van der Waals surface area contributed by atoms with Gasteiger partial charge < -0.3 is 10.6 Å². The molecule has 0 saturated heterocycles. The highest BCUT2D eigenvalue weighted by atomic mass is 32.2. The van der Waals surface area contributed by atoms with Crippen molar-refractivity contribution < 1.29 is 4.79 Å². The quantitative estimate of drug-likeness (QED) is 0.638. The fraction of sp³-hybridized carbons (Fsp3) is 0.706. The van der Waals surface area contributed by atoms with Crippen LogP contribution in [-0.2, 0) is 11.2 Å². The lowest BCUT2D eigenvalue weighted by Gasteiger charge is -2.22. The number of nitrogens with one attached hydrogen (secondary N) is 2. The van der Waals surface area contributed by atoms with Crippen molar-refractivity contribution >= 4 is 29.0 Å². The lowest BCUT2D eigenvalue weighted by Crippen LogP contribution is -2.38. The summed E-state index contributed by atoms with van der Waals surface area (Å²) >= 11 is 3.57. The van der Waals surface area contributed by atoms with Crippen molar-refractivity contribution in [3.05, 3.63) is 21.9 Å². The molecule has 1 aliphatic carbocycles. The molecular formula is C17H26N2OS2. The SMILES string of the molecule is O=C(NCCNC1CCCCCC1)C1SCCc2sccc21. The third-order valence-corrected chi connectivity index (χ3v) is 6.86. The lowest BCUT2D eigenvalue weighted by atomic mass is 10.1. The Balaban J connectivity index is 1.40. The number of carbonyl (C=O) groups is 1. The van der Waals surface area contributed by atoms with E-state index in [4.69, 9.17) is 0 Å². The van der Waals surface area contributed by atoms with Gasteiger partial charge >= 0.3 is 0 Å². The number of rotatable bonds is 5. The normalized spacial score (nSPS) is 22.8. The average molecular weight is 339 g/mol. The second-order valence-electron chi connectivity index (χ2n) is 6.23. The predicted molar refractivity (Wildman–Crippen MR) is 95.7 cm³/mol. The van der Waals surface area contributed by atoms with Crippen LogP contribution in [0.4, 0.5) is 0 Å². The summed E-state index contributed by atoms with van der Waals surface area (Å²) < 4.78 is 0. The zero-order chi connectivity index (χ0) is 15.2. The summed E-state index contributed by atoms with van der Waals surface area (Å²) in [5.41, 5.74) is 1.25. The maximum atomic E-state index is 12.4. The van der Waals surface area contributed by atoms with Gasteiger partial charge in [-0.1, -0.05) is 25.7 Å². The first-order chi connectivity index (χ1) is 10.8. The Labute approximate surface area is 141 Å². The number of amides is 1. The Morgan fingerprint density at radius 1 is 1.18 bits per heavy atom.